The monoisotopic (exact) mass is 462 g/mol. The van der Waals surface area contributed by atoms with Crippen LogP contribution in [-0.2, 0) is 28.9 Å². The Morgan fingerprint density at radius 1 is 1.07 bits per heavy atom. The average molecular weight is 463 g/mol. The first-order valence-electron chi connectivity index (χ1n) is 9.46. The number of thiazole rings is 2. The summed E-state index contributed by atoms with van der Waals surface area (Å²) >= 11 is 4.26. The van der Waals surface area contributed by atoms with E-state index in [0.29, 0.717) is 16.5 Å². The summed E-state index contributed by atoms with van der Waals surface area (Å²) in [7, 11) is 0. The van der Waals surface area contributed by atoms with Gasteiger partial charge in [-0.05, 0) is 49.9 Å². The Balaban J connectivity index is 1.24. The van der Waals surface area contributed by atoms with Crippen molar-refractivity contribution in [1.29, 1.82) is 0 Å². The lowest BCUT2D eigenvalue weighted by molar-refractivity contribution is -0.116. The number of amides is 2. The third-order valence-electron chi connectivity index (χ3n) is 4.42. The van der Waals surface area contributed by atoms with Gasteiger partial charge in [0, 0.05) is 15.9 Å². The van der Waals surface area contributed by atoms with Gasteiger partial charge in [-0.2, -0.15) is 0 Å². The van der Waals surface area contributed by atoms with Gasteiger partial charge in [-0.25, -0.2) is 14.4 Å². The number of nitrogens with zero attached hydrogens (tertiary/aromatic N) is 2. The predicted octanol–water partition coefficient (Wildman–Crippen LogP) is 4.53. The van der Waals surface area contributed by atoms with Gasteiger partial charge in [0.1, 0.15) is 5.82 Å². The lowest BCUT2D eigenvalue weighted by Crippen LogP contribution is -2.14. The van der Waals surface area contributed by atoms with Gasteiger partial charge in [0.25, 0.3) is 0 Å². The summed E-state index contributed by atoms with van der Waals surface area (Å²) < 4.78 is 13.6. The van der Waals surface area contributed by atoms with E-state index in [1.807, 2.05) is 5.38 Å². The van der Waals surface area contributed by atoms with Crippen LogP contribution in [0.25, 0.3) is 0 Å². The molecule has 30 heavy (non-hydrogen) atoms. The molecule has 1 aromatic carbocycles. The summed E-state index contributed by atoms with van der Waals surface area (Å²) in [6, 6.07) is 5.61. The average Bonchev–Trinajstić information content (AvgIpc) is 3.34. The highest BCUT2D eigenvalue weighted by molar-refractivity contribution is 8.01. The van der Waals surface area contributed by atoms with Crippen molar-refractivity contribution in [2.75, 3.05) is 16.4 Å². The van der Waals surface area contributed by atoms with E-state index in [0.717, 1.165) is 29.3 Å². The Kier molecular flexibility index (Phi) is 6.76. The molecule has 0 spiro atoms. The minimum atomic E-state index is -0.351. The second-order valence-electron chi connectivity index (χ2n) is 6.77. The quantitative estimate of drug-likeness (QED) is 0.504. The maximum absolute atomic E-state index is 12.9. The Labute approximate surface area is 185 Å². The van der Waals surface area contributed by atoms with Crippen molar-refractivity contribution in [3.05, 3.63) is 51.7 Å². The van der Waals surface area contributed by atoms with Gasteiger partial charge in [0.2, 0.25) is 11.8 Å². The van der Waals surface area contributed by atoms with Crippen molar-refractivity contribution in [3.63, 3.8) is 0 Å². The number of carbonyl (C=O) groups excluding carboxylic acids is 2. The molecule has 0 radical (unpaired) electrons. The van der Waals surface area contributed by atoms with Crippen LogP contribution >= 0.6 is 34.4 Å². The van der Waals surface area contributed by atoms with Crippen LogP contribution in [0.2, 0.25) is 0 Å². The van der Waals surface area contributed by atoms with Crippen molar-refractivity contribution < 1.29 is 14.0 Å². The molecule has 6 nitrogen and oxygen atoms in total. The van der Waals surface area contributed by atoms with E-state index < -0.39 is 0 Å². The number of benzene rings is 1. The molecule has 2 heterocycles. The van der Waals surface area contributed by atoms with Crippen LogP contribution in [0, 0.1) is 5.82 Å². The van der Waals surface area contributed by atoms with E-state index in [1.54, 1.807) is 11.3 Å². The van der Waals surface area contributed by atoms with E-state index in [2.05, 4.69) is 20.6 Å². The normalized spacial score (nSPS) is 13.0. The van der Waals surface area contributed by atoms with Gasteiger partial charge >= 0.3 is 0 Å². The number of rotatable bonds is 7. The molecule has 3 aromatic rings. The SMILES string of the molecule is O=C(CSc1nc(CC(=O)Nc2nc3c(s2)CCCC3)cs1)Nc1ccc(F)cc1. The van der Waals surface area contributed by atoms with Gasteiger partial charge in [0.15, 0.2) is 9.47 Å². The summed E-state index contributed by atoms with van der Waals surface area (Å²) in [5, 5.41) is 8.07. The molecule has 0 saturated carbocycles. The highest BCUT2D eigenvalue weighted by Crippen LogP contribution is 2.29. The fraction of sp³-hybridized carbons (Fsp3) is 0.300. The van der Waals surface area contributed by atoms with E-state index >= 15 is 0 Å². The van der Waals surface area contributed by atoms with Crippen molar-refractivity contribution in [2.24, 2.45) is 0 Å². The van der Waals surface area contributed by atoms with E-state index in [9.17, 15) is 14.0 Å². The van der Waals surface area contributed by atoms with Crippen LogP contribution in [0.3, 0.4) is 0 Å². The molecule has 0 atom stereocenters. The number of fused-ring (bicyclic) bond motifs is 1. The number of aromatic nitrogens is 2. The summed E-state index contributed by atoms with van der Waals surface area (Å²) in [6.07, 6.45) is 4.55. The Hall–Kier alpha value is -2.30. The van der Waals surface area contributed by atoms with Crippen molar-refractivity contribution in [2.45, 2.75) is 36.4 Å². The summed E-state index contributed by atoms with van der Waals surface area (Å²) in [5.74, 6) is -0.511. The number of nitrogens with one attached hydrogen (secondary N) is 2. The smallest absolute Gasteiger partial charge is 0.234 e. The third-order valence-corrected chi connectivity index (χ3v) is 7.56. The minimum Gasteiger partial charge on any atom is -0.325 e. The molecule has 0 aliphatic heterocycles. The molecule has 2 amide bonds. The van der Waals surface area contributed by atoms with Gasteiger partial charge in [0.05, 0.1) is 23.6 Å². The maximum Gasteiger partial charge on any atom is 0.234 e. The predicted molar refractivity (Wildman–Crippen MR) is 119 cm³/mol. The fourth-order valence-electron chi connectivity index (χ4n) is 3.03. The number of thioether (sulfide) groups is 1. The van der Waals surface area contributed by atoms with E-state index in [4.69, 9.17) is 0 Å². The molecule has 10 heteroatoms. The van der Waals surface area contributed by atoms with Crippen molar-refractivity contribution >= 4 is 57.1 Å². The number of hydrogen-bond acceptors (Lipinski definition) is 7. The number of aryl methyl sites for hydroxylation is 2. The van der Waals surface area contributed by atoms with E-state index in [-0.39, 0.29) is 29.8 Å². The third kappa shape index (κ3) is 5.65. The molecule has 2 N–H and O–H groups in total. The molecule has 0 unspecified atom stereocenters. The summed E-state index contributed by atoms with van der Waals surface area (Å²) in [5.41, 5.74) is 2.33. The Bertz CT molecular complexity index is 1030. The molecule has 2 aromatic heterocycles. The zero-order valence-corrected chi connectivity index (χ0v) is 18.4. The molecular weight excluding hydrogens is 443 g/mol. The number of carbonyl (C=O) groups is 2. The first kappa shape index (κ1) is 21.0. The van der Waals surface area contributed by atoms with Crippen LogP contribution in [-0.4, -0.2) is 27.5 Å². The number of anilines is 2. The largest absolute Gasteiger partial charge is 0.325 e. The van der Waals surface area contributed by atoms with Crippen LogP contribution in [0.5, 0.6) is 0 Å². The lowest BCUT2D eigenvalue weighted by atomic mass is 10.0. The highest BCUT2D eigenvalue weighted by Gasteiger charge is 2.17. The summed E-state index contributed by atoms with van der Waals surface area (Å²) in [4.78, 5) is 34.6. The molecule has 156 valence electrons. The van der Waals surface area contributed by atoms with Gasteiger partial charge in [-0.15, -0.1) is 22.7 Å². The molecule has 0 saturated heterocycles. The molecular formula is C20H19FN4O2S3. The van der Waals surface area contributed by atoms with Crippen molar-refractivity contribution in [1.82, 2.24) is 9.97 Å². The number of hydrogen-bond donors (Lipinski definition) is 2. The summed E-state index contributed by atoms with van der Waals surface area (Å²) in [6.45, 7) is 0. The van der Waals surface area contributed by atoms with Crippen LogP contribution in [0.15, 0.2) is 34.0 Å². The Morgan fingerprint density at radius 3 is 2.67 bits per heavy atom. The second kappa shape index (κ2) is 9.67. The van der Waals surface area contributed by atoms with Gasteiger partial charge < -0.3 is 10.6 Å². The second-order valence-corrected chi connectivity index (χ2v) is 9.93. The molecule has 0 fully saturated rings. The maximum atomic E-state index is 12.9. The first-order valence-corrected chi connectivity index (χ1v) is 12.1. The van der Waals surface area contributed by atoms with Crippen LogP contribution < -0.4 is 10.6 Å². The molecule has 1 aliphatic rings. The first-order chi connectivity index (χ1) is 14.5. The van der Waals surface area contributed by atoms with E-state index in [1.165, 1.54) is 58.7 Å². The fourth-order valence-corrected chi connectivity index (χ4v) is 5.74. The number of halogens is 1. The molecule has 1 aliphatic carbocycles. The minimum absolute atomic E-state index is 0.142. The Morgan fingerprint density at radius 2 is 1.87 bits per heavy atom. The molecule has 4 rings (SSSR count). The zero-order chi connectivity index (χ0) is 20.9. The standard InChI is InChI=1S/C20H19FN4O2S3/c21-12-5-7-13(8-6-12)22-18(27)11-29-20-23-14(10-28-20)9-17(26)25-19-24-15-3-1-2-4-16(15)30-19/h5-8,10H,1-4,9,11H2,(H,22,27)(H,24,25,26). The topological polar surface area (TPSA) is 84.0 Å². The van der Waals surface area contributed by atoms with Crippen LogP contribution in [0.1, 0.15) is 29.1 Å². The highest BCUT2D eigenvalue weighted by atomic mass is 32.2. The lowest BCUT2D eigenvalue weighted by Gasteiger charge is -2.06. The van der Waals surface area contributed by atoms with Crippen LogP contribution in [0.4, 0.5) is 15.2 Å². The van der Waals surface area contributed by atoms with Crippen molar-refractivity contribution in [3.8, 4) is 0 Å². The van der Waals surface area contributed by atoms with Gasteiger partial charge in [-0.1, -0.05) is 11.8 Å². The van der Waals surface area contributed by atoms with Gasteiger partial charge in [-0.3, -0.25) is 9.59 Å². The zero-order valence-electron chi connectivity index (χ0n) is 15.9. The molecule has 0 bridgehead atoms.